The lowest BCUT2D eigenvalue weighted by Crippen LogP contribution is -2.38. The Labute approximate surface area is 190 Å². The molecule has 0 saturated carbocycles. The Morgan fingerprint density at radius 2 is 1.93 bits per heavy atom. The Balaban J connectivity index is 1.21. The zero-order chi connectivity index (χ0) is 20.3. The van der Waals surface area contributed by atoms with E-state index >= 15 is 0 Å². The molecule has 2 aromatic carbocycles. The van der Waals surface area contributed by atoms with Crippen molar-refractivity contribution in [2.75, 3.05) is 44.8 Å². The van der Waals surface area contributed by atoms with Crippen molar-refractivity contribution < 1.29 is 9.47 Å². The smallest absolute Gasteiger partial charge is 0.137 e. The van der Waals surface area contributed by atoms with E-state index in [0.29, 0.717) is 12.6 Å². The van der Waals surface area contributed by atoms with Gasteiger partial charge in [-0.3, -0.25) is 4.90 Å². The van der Waals surface area contributed by atoms with E-state index in [0.717, 1.165) is 68.2 Å². The number of nitrogens with one attached hydrogen (secondary N) is 1. The summed E-state index contributed by atoms with van der Waals surface area (Å²) in [6, 6.07) is 13.1. The van der Waals surface area contributed by atoms with Crippen molar-refractivity contribution in [2.45, 2.75) is 18.9 Å². The third kappa shape index (κ3) is 4.53. The summed E-state index contributed by atoms with van der Waals surface area (Å²) < 4.78 is 12.6. The van der Waals surface area contributed by atoms with Crippen LogP contribution in [0.1, 0.15) is 11.1 Å². The number of ether oxygens (including phenoxy) is 2. The second-order valence-corrected chi connectivity index (χ2v) is 9.11. The third-order valence-corrected chi connectivity index (χ3v) is 6.50. The molecule has 0 amide bonds. The van der Waals surface area contributed by atoms with Gasteiger partial charge in [0.2, 0.25) is 0 Å². The Bertz CT molecular complexity index is 1040. The van der Waals surface area contributed by atoms with Crippen LogP contribution in [0.5, 0.6) is 5.75 Å². The molecule has 0 spiro atoms. The highest BCUT2D eigenvalue weighted by molar-refractivity contribution is 14.1. The van der Waals surface area contributed by atoms with Crippen LogP contribution in [0.3, 0.4) is 0 Å². The van der Waals surface area contributed by atoms with Gasteiger partial charge in [-0.2, -0.15) is 0 Å². The average molecular weight is 516 g/mol. The number of rotatable bonds is 6. The molecule has 2 aliphatic rings. The molecule has 6 nitrogen and oxygen atoms in total. The van der Waals surface area contributed by atoms with Gasteiger partial charge < -0.3 is 14.8 Å². The maximum absolute atomic E-state index is 6.03. The fourth-order valence-electron chi connectivity index (χ4n) is 4.24. The summed E-state index contributed by atoms with van der Waals surface area (Å²) in [5, 5.41) is 4.73. The van der Waals surface area contributed by atoms with Crippen LogP contribution in [0.25, 0.3) is 10.9 Å². The van der Waals surface area contributed by atoms with Crippen molar-refractivity contribution in [1.82, 2.24) is 14.9 Å². The van der Waals surface area contributed by atoms with Crippen LogP contribution in [0, 0.1) is 3.57 Å². The minimum atomic E-state index is 0.333. The summed E-state index contributed by atoms with van der Waals surface area (Å²) >= 11 is 2.33. The molecule has 1 aromatic heterocycles. The van der Waals surface area contributed by atoms with Crippen molar-refractivity contribution in [3.05, 3.63) is 57.4 Å². The molecule has 1 N–H and O–H groups in total. The predicted molar refractivity (Wildman–Crippen MR) is 126 cm³/mol. The normalized spacial score (nSPS) is 19.0. The highest BCUT2D eigenvalue weighted by Crippen LogP contribution is 2.30. The monoisotopic (exact) mass is 516 g/mol. The SMILES string of the molecule is Ic1ccc2ncnc(NC3Cc4ccc(OCCN5CCOCC5)cc4C3)c2c1. The molecule has 1 unspecified atom stereocenters. The Kier molecular flexibility index (Phi) is 6.01. The zero-order valence-electron chi connectivity index (χ0n) is 16.8. The van der Waals surface area contributed by atoms with E-state index in [2.05, 4.69) is 73.1 Å². The third-order valence-electron chi connectivity index (χ3n) is 5.83. The van der Waals surface area contributed by atoms with Gasteiger partial charge in [-0.05, 0) is 76.9 Å². The minimum absolute atomic E-state index is 0.333. The average Bonchev–Trinajstić information content (AvgIpc) is 3.16. The summed E-state index contributed by atoms with van der Waals surface area (Å²) in [6.45, 7) is 5.31. The van der Waals surface area contributed by atoms with Gasteiger partial charge in [-0.1, -0.05) is 6.07 Å². The molecule has 3 aromatic rings. The van der Waals surface area contributed by atoms with Gasteiger partial charge in [-0.15, -0.1) is 0 Å². The van der Waals surface area contributed by atoms with E-state index in [4.69, 9.17) is 9.47 Å². The summed E-state index contributed by atoms with van der Waals surface area (Å²) in [5.74, 6) is 1.88. The molecule has 1 saturated heterocycles. The van der Waals surface area contributed by atoms with E-state index in [9.17, 15) is 0 Å². The summed E-state index contributed by atoms with van der Waals surface area (Å²) in [4.78, 5) is 11.3. The van der Waals surface area contributed by atoms with Gasteiger partial charge in [0.05, 0.1) is 18.7 Å². The second-order valence-electron chi connectivity index (χ2n) is 7.87. The van der Waals surface area contributed by atoms with Crippen LogP contribution in [-0.2, 0) is 17.6 Å². The highest BCUT2D eigenvalue weighted by Gasteiger charge is 2.23. The molecule has 2 heterocycles. The van der Waals surface area contributed by atoms with Crippen LogP contribution in [0.4, 0.5) is 5.82 Å². The predicted octanol–water partition coefficient (Wildman–Crippen LogP) is 3.52. The first-order chi connectivity index (χ1) is 14.7. The number of nitrogens with zero attached hydrogens (tertiary/aromatic N) is 3. The topological polar surface area (TPSA) is 59.5 Å². The fraction of sp³-hybridized carbons (Fsp3) is 0.391. The summed E-state index contributed by atoms with van der Waals surface area (Å²) in [7, 11) is 0. The van der Waals surface area contributed by atoms with Crippen LogP contribution < -0.4 is 10.1 Å². The quantitative estimate of drug-likeness (QED) is 0.507. The summed E-state index contributed by atoms with van der Waals surface area (Å²) in [6.07, 6.45) is 3.62. The van der Waals surface area contributed by atoms with Crippen molar-refractivity contribution in [3.63, 3.8) is 0 Å². The number of fused-ring (bicyclic) bond motifs is 2. The van der Waals surface area contributed by atoms with Crippen molar-refractivity contribution in [2.24, 2.45) is 0 Å². The van der Waals surface area contributed by atoms with Crippen molar-refractivity contribution in [1.29, 1.82) is 0 Å². The first-order valence-corrected chi connectivity index (χ1v) is 11.5. The van der Waals surface area contributed by atoms with Crippen LogP contribution in [-0.4, -0.2) is 60.4 Å². The molecule has 5 rings (SSSR count). The van der Waals surface area contributed by atoms with Gasteiger partial charge in [0.15, 0.2) is 0 Å². The molecule has 1 atom stereocenters. The Morgan fingerprint density at radius 3 is 2.83 bits per heavy atom. The number of aromatic nitrogens is 2. The number of anilines is 1. The van der Waals surface area contributed by atoms with E-state index < -0.39 is 0 Å². The minimum Gasteiger partial charge on any atom is -0.492 e. The number of morpholine rings is 1. The first-order valence-electron chi connectivity index (χ1n) is 10.5. The lowest BCUT2D eigenvalue weighted by Gasteiger charge is -2.26. The summed E-state index contributed by atoms with van der Waals surface area (Å²) in [5.41, 5.74) is 3.73. The van der Waals surface area contributed by atoms with Gasteiger partial charge >= 0.3 is 0 Å². The number of halogens is 1. The Hall–Kier alpha value is -1.97. The lowest BCUT2D eigenvalue weighted by atomic mass is 10.1. The van der Waals surface area contributed by atoms with Crippen LogP contribution in [0.15, 0.2) is 42.7 Å². The van der Waals surface area contributed by atoms with Crippen molar-refractivity contribution >= 4 is 39.3 Å². The lowest BCUT2D eigenvalue weighted by molar-refractivity contribution is 0.0322. The molecule has 0 bridgehead atoms. The molecular weight excluding hydrogens is 491 g/mol. The number of benzene rings is 2. The van der Waals surface area contributed by atoms with E-state index in [1.54, 1.807) is 6.33 Å². The fourth-order valence-corrected chi connectivity index (χ4v) is 4.73. The zero-order valence-corrected chi connectivity index (χ0v) is 19.0. The second kappa shape index (κ2) is 9.03. The van der Waals surface area contributed by atoms with E-state index in [-0.39, 0.29) is 0 Å². The highest BCUT2D eigenvalue weighted by atomic mass is 127. The molecule has 156 valence electrons. The number of hydrogen-bond donors (Lipinski definition) is 1. The number of hydrogen-bond acceptors (Lipinski definition) is 6. The van der Waals surface area contributed by atoms with Crippen LogP contribution >= 0.6 is 22.6 Å². The standard InChI is InChI=1S/C23H25IN4O2/c24-18-2-4-22-21(14-18)23(26-15-25-22)27-19-11-16-1-3-20(13-17(16)12-19)30-10-7-28-5-8-29-9-6-28/h1-4,13-15,19H,5-12H2,(H,25,26,27). The maximum atomic E-state index is 6.03. The molecule has 7 heteroatoms. The van der Waals surface area contributed by atoms with Crippen LogP contribution in [0.2, 0.25) is 0 Å². The van der Waals surface area contributed by atoms with E-state index in [1.165, 1.54) is 14.7 Å². The van der Waals surface area contributed by atoms with E-state index in [1.807, 2.05) is 6.07 Å². The molecule has 1 aliphatic carbocycles. The molecule has 0 radical (unpaired) electrons. The van der Waals surface area contributed by atoms with Crippen molar-refractivity contribution in [3.8, 4) is 5.75 Å². The molecule has 30 heavy (non-hydrogen) atoms. The first kappa shape index (κ1) is 20.0. The largest absolute Gasteiger partial charge is 0.492 e. The van der Waals surface area contributed by atoms with Gasteiger partial charge in [0, 0.05) is 34.6 Å². The van der Waals surface area contributed by atoms with Gasteiger partial charge in [0.1, 0.15) is 24.5 Å². The van der Waals surface area contributed by atoms with Gasteiger partial charge in [-0.25, -0.2) is 9.97 Å². The Morgan fingerprint density at radius 1 is 1.07 bits per heavy atom. The molecule has 1 fully saturated rings. The molecular formula is C23H25IN4O2. The van der Waals surface area contributed by atoms with Gasteiger partial charge in [0.25, 0.3) is 0 Å². The maximum Gasteiger partial charge on any atom is 0.137 e. The molecule has 1 aliphatic heterocycles.